The summed E-state index contributed by atoms with van der Waals surface area (Å²) in [6.45, 7) is 3.28. The summed E-state index contributed by atoms with van der Waals surface area (Å²) in [7, 11) is 0. The van der Waals surface area contributed by atoms with Gasteiger partial charge in [-0.1, -0.05) is 11.6 Å². The van der Waals surface area contributed by atoms with Crippen molar-refractivity contribution in [3.63, 3.8) is 0 Å². The van der Waals surface area contributed by atoms with Gasteiger partial charge in [-0.25, -0.2) is 0 Å². The number of β-amino-alcohol motifs (C(OH)–C–C–N with tert-alkyl or cyclic N) is 1. The maximum atomic E-state index is 12.5. The van der Waals surface area contributed by atoms with Crippen LogP contribution in [0.5, 0.6) is 0 Å². The minimum Gasteiger partial charge on any atom is -0.390 e. The maximum Gasteiger partial charge on any atom is 0.226 e. The zero-order valence-electron chi connectivity index (χ0n) is 14.8. The summed E-state index contributed by atoms with van der Waals surface area (Å²) in [5, 5.41) is 17.9. The van der Waals surface area contributed by atoms with Crippen LogP contribution in [0.25, 0.3) is 0 Å². The molecule has 1 aromatic rings. The molecule has 2 N–H and O–H groups in total. The van der Waals surface area contributed by atoms with Gasteiger partial charge in [0.15, 0.2) is 0 Å². The van der Waals surface area contributed by atoms with Crippen LogP contribution < -0.4 is 0 Å². The first-order valence-corrected chi connectivity index (χ1v) is 9.57. The third-order valence-corrected chi connectivity index (χ3v) is 5.49. The van der Waals surface area contributed by atoms with Gasteiger partial charge in [-0.2, -0.15) is 5.10 Å². The van der Waals surface area contributed by atoms with Gasteiger partial charge < -0.3 is 10.0 Å². The molecule has 1 saturated carbocycles. The molecule has 2 aliphatic carbocycles. The Morgan fingerprint density at radius 2 is 2.20 bits per heavy atom. The van der Waals surface area contributed by atoms with E-state index in [1.165, 1.54) is 30.5 Å². The summed E-state index contributed by atoms with van der Waals surface area (Å²) in [5.41, 5.74) is 3.54. The minimum atomic E-state index is -0.491. The predicted molar refractivity (Wildman–Crippen MR) is 95.0 cm³/mol. The van der Waals surface area contributed by atoms with Crippen LogP contribution in [-0.2, 0) is 11.3 Å². The van der Waals surface area contributed by atoms with Crippen LogP contribution in [0.1, 0.15) is 55.8 Å². The van der Waals surface area contributed by atoms with E-state index in [9.17, 15) is 9.90 Å². The topological polar surface area (TPSA) is 72.5 Å². The second-order valence-corrected chi connectivity index (χ2v) is 7.75. The monoisotopic (exact) mass is 344 g/mol. The van der Waals surface area contributed by atoms with Gasteiger partial charge in [-0.05, 0) is 38.2 Å². The van der Waals surface area contributed by atoms with Crippen LogP contribution in [0.2, 0.25) is 0 Å². The normalized spacial score (nSPS) is 25.1. The molecule has 1 amide bonds. The molecule has 6 nitrogen and oxygen atoms in total. The lowest BCUT2D eigenvalue weighted by atomic mass is 10.1. The smallest absolute Gasteiger partial charge is 0.226 e. The summed E-state index contributed by atoms with van der Waals surface area (Å²) >= 11 is 0. The molecule has 0 radical (unpaired) electrons. The van der Waals surface area contributed by atoms with E-state index in [0.29, 0.717) is 32.0 Å². The molecule has 4 rings (SSSR count). The van der Waals surface area contributed by atoms with Crippen LogP contribution in [0.3, 0.4) is 0 Å². The highest BCUT2D eigenvalue weighted by Gasteiger charge is 2.28. The summed E-state index contributed by atoms with van der Waals surface area (Å²) in [6, 6.07) is 2.16. The van der Waals surface area contributed by atoms with Gasteiger partial charge in [0.05, 0.1) is 11.8 Å². The van der Waals surface area contributed by atoms with Gasteiger partial charge in [-0.15, -0.1) is 0 Å². The van der Waals surface area contributed by atoms with E-state index in [1.807, 2.05) is 4.90 Å². The molecule has 136 valence electrons. The number of aromatic amines is 1. The van der Waals surface area contributed by atoms with Crippen LogP contribution in [0.15, 0.2) is 17.7 Å². The van der Waals surface area contributed by atoms with Crippen molar-refractivity contribution in [2.24, 2.45) is 0 Å². The van der Waals surface area contributed by atoms with E-state index >= 15 is 0 Å². The van der Waals surface area contributed by atoms with E-state index in [4.69, 9.17) is 0 Å². The Labute approximate surface area is 148 Å². The molecule has 1 saturated heterocycles. The highest BCUT2D eigenvalue weighted by atomic mass is 16.3. The molecular weight excluding hydrogens is 316 g/mol. The average Bonchev–Trinajstić information content (AvgIpc) is 3.18. The van der Waals surface area contributed by atoms with Crippen LogP contribution >= 0.6 is 0 Å². The second-order valence-electron chi connectivity index (χ2n) is 7.75. The molecule has 1 unspecified atom stereocenters. The summed E-state index contributed by atoms with van der Waals surface area (Å²) in [5.74, 6) is 0.810. The second kappa shape index (κ2) is 7.30. The van der Waals surface area contributed by atoms with Crippen molar-refractivity contribution in [2.45, 2.75) is 57.1 Å². The van der Waals surface area contributed by atoms with Gasteiger partial charge in [0.2, 0.25) is 5.91 Å². The van der Waals surface area contributed by atoms with Crippen LogP contribution in [0, 0.1) is 0 Å². The predicted octanol–water partition coefficient (Wildman–Crippen LogP) is 1.79. The summed E-state index contributed by atoms with van der Waals surface area (Å²) in [4.78, 5) is 16.6. The Morgan fingerprint density at radius 1 is 1.32 bits per heavy atom. The van der Waals surface area contributed by atoms with Crippen LogP contribution in [-0.4, -0.2) is 63.3 Å². The zero-order chi connectivity index (χ0) is 17.2. The van der Waals surface area contributed by atoms with Crippen LogP contribution in [0.4, 0.5) is 0 Å². The number of aliphatic hydroxyl groups is 1. The van der Waals surface area contributed by atoms with Gasteiger partial charge in [0.25, 0.3) is 0 Å². The molecule has 0 spiro atoms. The number of hydrogen-bond donors (Lipinski definition) is 2. The van der Waals surface area contributed by atoms with Gasteiger partial charge in [-0.3, -0.25) is 14.8 Å². The zero-order valence-corrected chi connectivity index (χ0v) is 14.8. The quantitative estimate of drug-likeness (QED) is 0.799. The number of nitrogens with one attached hydrogen (secondary N) is 1. The fourth-order valence-corrected chi connectivity index (χ4v) is 3.92. The molecule has 25 heavy (non-hydrogen) atoms. The Balaban J connectivity index is 1.32. The average molecular weight is 344 g/mol. The van der Waals surface area contributed by atoms with Crippen molar-refractivity contribution in [1.82, 2.24) is 20.0 Å². The molecule has 0 bridgehead atoms. The number of rotatable bonds is 5. The highest BCUT2D eigenvalue weighted by Crippen LogP contribution is 2.39. The summed E-state index contributed by atoms with van der Waals surface area (Å²) in [6.07, 6.45) is 8.07. The molecule has 0 aromatic carbocycles. The molecular formula is C19H28N4O2. The van der Waals surface area contributed by atoms with E-state index < -0.39 is 6.10 Å². The highest BCUT2D eigenvalue weighted by molar-refractivity contribution is 5.79. The van der Waals surface area contributed by atoms with Gasteiger partial charge >= 0.3 is 0 Å². The van der Waals surface area contributed by atoms with E-state index in [2.05, 4.69) is 27.2 Å². The van der Waals surface area contributed by atoms with Crippen molar-refractivity contribution in [3.05, 3.63) is 29.1 Å². The largest absolute Gasteiger partial charge is 0.390 e. The lowest BCUT2D eigenvalue weighted by Gasteiger charge is -2.22. The first-order chi connectivity index (χ1) is 12.2. The molecule has 1 aliphatic heterocycles. The summed E-state index contributed by atoms with van der Waals surface area (Å²) < 4.78 is 0. The third kappa shape index (κ3) is 4.30. The molecule has 2 fully saturated rings. The third-order valence-electron chi connectivity index (χ3n) is 5.49. The van der Waals surface area contributed by atoms with Gasteiger partial charge in [0, 0.05) is 50.8 Å². The minimum absolute atomic E-state index is 0.159. The van der Waals surface area contributed by atoms with Crippen molar-refractivity contribution in [3.8, 4) is 0 Å². The molecule has 2 heterocycles. The fraction of sp³-hybridized carbons (Fsp3) is 0.684. The number of H-pyrrole nitrogens is 1. The Morgan fingerprint density at radius 3 is 2.96 bits per heavy atom. The first kappa shape index (κ1) is 16.8. The number of amides is 1. The van der Waals surface area contributed by atoms with Crippen molar-refractivity contribution < 1.29 is 9.90 Å². The van der Waals surface area contributed by atoms with Crippen molar-refractivity contribution in [1.29, 1.82) is 0 Å². The Bertz CT molecular complexity index is 650. The lowest BCUT2D eigenvalue weighted by Crippen LogP contribution is -2.37. The van der Waals surface area contributed by atoms with E-state index in [1.54, 1.807) is 0 Å². The maximum absolute atomic E-state index is 12.5. The standard InChI is InChI=1S/C19H28N4O2/c24-17-12-22(11-16-10-18(21-20-16)15-5-6-15)7-8-23(13-17)19(25)9-14-3-1-2-4-14/h3,10,15,17,24H,1-2,4-9,11-13H2,(H,20,21). The number of allylic oxidation sites excluding steroid dienone is 1. The fourth-order valence-electron chi connectivity index (χ4n) is 3.92. The molecule has 6 heteroatoms. The first-order valence-electron chi connectivity index (χ1n) is 9.57. The van der Waals surface area contributed by atoms with Crippen molar-refractivity contribution in [2.75, 3.05) is 26.2 Å². The number of aliphatic hydroxyl groups excluding tert-OH is 1. The molecule has 3 aliphatic rings. The van der Waals surface area contributed by atoms with Crippen molar-refractivity contribution >= 4 is 5.91 Å². The Kier molecular flexibility index (Phi) is 4.90. The lowest BCUT2D eigenvalue weighted by molar-refractivity contribution is -0.131. The number of aromatic nitrogens is 2. The van der Waals surface area contributed by atoms with E-state index in [-0.39, 0.29) is 5.91 Å². The SMILES string of the molecule is O=C(CC1=CCCC1)N1CCN(Cc2cc(C3CC3)n[nH]2)CC(O)C1. The Hall–Kier alpha value is -1.66. The van der Waals surface area contributed by atoms with Gasteiger partial charge in [0.1, 0.15) is 0 Å². The number of carbonyl (C=O) groups excluding carboxylic acids is 1. The molecule has 1 aromatic heterocycles. The number of carbonyl (C=O) groups is 1. The number of hydrogen-bond acceptors (Lipinski definition) is 4. The number of nitrogens with zero attached hydrogens (tertiary/aromatic N) is 3. The van der Waals surface area contributed by atoms with E-state index in [0.717, 1.165) is 31.6 Å². The molecule has 1 atom stereocenters.